The van der Waals surface area contributed by atoms with Gasteiger partial charge in [-0.15, -0.1) is 6.10 Å². The van der Waals surface area contributed by atoms with Gasteiger partial charge in [0.2, 0.25) is 0 Å². The van der Waals surface area contributed by atoms with Gasteiger partial charge in [-0.2, -0.15) is 4.31 Å². The molecule has 0 radical (unpaired) electrons. The van der Waals surface area contributed by atoms with Crippen molar-refractivity contribution in [3.63, 3.8) is 0 Å². The van der Waals surface area contributed by atoms with Gasteiger partial charge in [-0.1, -0.05) is 6.10 Å². The molecule has 0 saturated carbocycles. The van der Waals surface area contributed by atoms with Gasteiger partial charge in [0, 0.05) is 0 Å². The number of imidazole rings is 1. The Bertz CT molecular complexity index is 938. The molecule has 0 amide bonds. The van der Waals surface area contributed by atoms with Gasteiger partial charge < -0.3 is 35.4 Å². The van der Waals surface area contributed by atoms with Crippen LogP contribution in [0.15, 0.2) is 12.7 Å². The van der Waals surface area contributed by atoms with E-state index in [1.807, 2.05) is 0 Å². The summed E-state index contributed by atoms with van der Waals surface area (Å²) in [5.74, 6) is 0.0496. The minimum absolute atomic E-state index is 0. The first-order valence-electron chi connectivity index (χ1n) is 7.13. The average Bonchev–Trinajstić information content (AvgIpc) is 3.07. The molecule has 0 aromatic carbocycles. The molecule has 28 heavy (non-hydrogen) atoms. The summed E-state index contributed by atoms with van der Waals surface area (Å²) >= 11 is 0. The van der Waals surface area contributed by atoms with Crippen molar-refractivity contribution in [1.82, 2.24) is 19.5 Å². The van der Waals surface area contributed by atoms with E-state index in [9.17, 15) is 24.2 Å². The third kappa shape index (κ3) is 4.93. The Morgan fingerprint density at radius 2 is 1.89 bits per heavy atom. The number of phosphoric acid groups is 2. The smallest absolute Gasteiger partial charge is 0.851 e. The van der Waals surface area contributed by atoms with Crippen LogP contribution in [0, 0.1) is 0 Å². The summed E-state index contributed by atoms with van der Waals surface area (Å²) in [5.41, 5.74) is 5.96. The van der Waals surface area contributed by atoms with Crippen LogP contribution in [0.5, 0.6) is 0 Å². The van der Waals surface area contributed by atoms with Crippen molar-refractivity contribution in [2.24, 2.45) is 0 Å². The monoisotopic (exact) mass is 483 g/mol. The second-order valence-corrected chi connectivity index (χ2v) is 8.24. The van der Waals surface area contributed by atoms with Crippen molar-refractivity contribution in [2.45, 2.75) is 24.5 Å². The van der Waals surface area contributed by atoms with Crippen LogP contribution in [0.25, 0.3) is 11.2 Å². The Kier molecular flexibility index (Phi) is 6.97. The molecule has 5 atom stereocenters. The van der Waals surface area contributed by atoms with Crippen LogP contribution >= 0.6 is 15.6 Å². The van der Waals surface area contributed by atoms with E-state index in [0.717, 1.165) is 6.33 Å². The second kappa shape index (κ2) is 8.38. The van der Waals surface area contributed by atoms with Gasteiger partial charge >= 0.3 is 32.1 Å². The first-order chi connectivity index (χ1) is 12.5. The van der Waals surface area contributed by atoms with Crippen LogP contribution in [0.3, 0.4) is 0 Å². The van der Waals surface area contributed by atoms with E-state index < -0.39 is 46.8 Å². The van der Waals surface area contributed by atoms with Gasteiger partial charge in [0.15, 0.2) is 11.5 Å². The average molecular weight is 484 g/mol. The van der Waals surface area contributed by atoms with E-state index >= 15 is 0 Å². The predicted molar refractivity (Wildman–Crippen MR) is 80.1 cm³/mol. The molecule has 1 aliphatic heterocycles. The quantitative estimate of drug-likeness (QED) is 0.236. The fourth-order valence-electron chi connectivity index (χ4n) is 2.45. The molecule has 1 saturated heterocycles. The SMILES string of the molecule is Nc1ncnc2c1ncn2[C@@H]1O[C@H](COP(=O)(O)OP(=O)(O)O)[C@@H]([O-])[C@H]1[O-].[Ni+2]. The van der Waals surface area contributed by atoms with Crippen LogP contribution in [0.2, 0.25) is 0 Å². The van der Waals surface area contributed by atoms with Crippen molar-refractivity contribution < 1.29 is 64.1 Å². The molecule has 3 heterocycles. The topological polar surface area (TPSA) is 238 Å². The van der Waals surface area contributed by atoms with Gasteiger partial charge in [-0.25, -0.2) is 24.1 Å². The largest absolute Gasteiger partial charge is 2.00 e. The van der Waals surface area contributed by atoms with E-state index in [0.29, 0.717) is 0 Å². The molecule has 5 N–H and O–H groups in total. The van der Waals surface area contributed by atoms with Crippen molar-refractivity contribution >= 4 is 32.6 Å². The number of nitrogens with two attached hydrogens (primary N) is 1. The van der Waals surface area contributed by atoms with Gasteiger partial charge in [0.05, 0.1) is 19.0 Å². The summed E-state index contributed by atoms with van der Waals surface area (Å²) in [6.45, 7) is -0.916. The van der Waals surface area contributed by atoms with Gasteiger partial charge in [-0.05, 0) is 0 Å². The van der Waals surface area contributed by atoms with Crippen molar-refractivity contribution in [2.75, 3.05) is 12.3 Å². The van der Waals surface area contributed by atoms with Crippen molar-refractivity contribution in [3.05, 3.63) is 12.7 Å². The first kappa shape index (κ1) is 23.3. The van der Waals surface area contributed by atoms with Gasteiger partial charge in [0.1, 0.15) is 18.1 Å². The molecule has 0 bridgehead atoms. The standard InChI is InChI=1S/C10H13N5O10P2.Ni/c11-8-5-9(13-2-12-8)15(3-14-5)10-7(17)6(16)4(24-10)1-23-27(21,22)25-26(18,19)20;/h2-4,6-7,10H,1H2,(H,21,22)(H2,11,12,13)(H2,18,19,20);/q-2;+2/t4-,6-,7-,10-;/m1./s1. The third-order valence-electron chi connectivity index (χ3n) is 3.56. The van der Waals surface area contributed by atoms with Crippen LogP contribution < -0.4 is 15.9 Å². The minimum Gasteiger partial charge on any atom is -0.851 e. The summed E-state index contributed by atoms with van der Waals surface area (Å²) in [7, 11) is -10.5. The summed E-state index contributed by atoms with van der Waals surface area (Å²) < 4.78 is 36.4. The van der Waals surface area contributed by atoms with Crippen molar-refractivity contribution in [3.8, 4) is 0 Å². The van der Waals surface area contributed by atoms with Crippen LogP contribution in [-0.4, -0.2) is 59.1 Å². The van der Waals surface area contributed by atoms with E-state index in [2.05, 4.69) is 23.8 Å². The number of anilines is 1. The molecule has 18 heteroatoms. The Balaban J connectivity index is 0.00000280. The van der Waals surface area contributed by atoms with E-state index in [1.165, 1.54) is 10.9 Å². The Morgan fingerprint density at radius 1 is 1.21 bits per heavy atom. The number of nitrogen functional groups attached to an aromatic ring is 1. The molecule has 0 spiro atoms. The summed E-state index contributed by atoms with van der Waals surface area (Å²) in [6.07, 6.45) is -4.37. The van der Waals surface area contributed by atoms with Crippen molar-refractivity contribution in [1.29, 1.82) is 0 Å². The zero-order valence-corrected chi connectivity index (χ0v) is 16.2. The molecule has 2 aromatic rings. The third-order valence-corrected chi connectivity index (χ3v) is 5.71. The maximum absolute atomic E-state index is 12.3. The fourth-order valence-corrected chi connectivity index (χ4v) is 4.05. The van der Waals surface area contributed by atoms with Crippen LogP contribution in [0.4, 0.5) is 5.82 Å². The van der Waals surface area contributed by atoms with E-state index in [1.54, 1.807) is 0 Å². The summed E-state index contributed by atoms with van der Waals surface area (Å²) in [5, 5.41) is 24.4. The molecular weight excluding hydrogens is 471 g/mol. The molecule has 15 nitrogen and oxygen atoms in total. The molecule has 1 unspecified atom stereocenters. The molecule has 158 valence electrons. The molecule has 2 aromatic heterocycles. The Labute approximate surface area is 166 Å². The summed E-state index contributed by atoms with van der Waals surface area (Å²) in [4.78, 5) is 37.9. The molecule has 3 rings (SSSR count). The number of hydrogen-bond acceptors (Lipinski definition) is 11. The number of phosphoric ester groups is 1. The van der Waals surface area contributed by atoms with E-state index in [4.69, 9.17) is 20.3 Å². The fraction of sp³-hybridized carbons (Fsp3) is 0.500. The molecular formula is C10H13N5NiO10P2. The van der Waals surface area contributed by atoms with E-state index in [-0.39, 0.29) is 33.5 Å². The van der Waals surface area contributed by atoms with Crippen LogP contribution in [-0.2, 0) is 39.2 Å². The molecule has 0 aliphatic carbocycles. The molecule has 1 fully saturated rings. The first-order valence-corrected chi connectivity index (χ1v) is 10.2. The number of rotatable bonds is 6. The Hall–Kier alpha value is -1.02. The number of hydrogen-bond donors (Lipinski definition) is 4. The zero-order valence-electron chi connectivity index (χ0n) is 13.4. The number of nitrogens with zero attached hydrogens (tertiary/aromatic N) is 4. The normalized spacial score (nSPS) is 27.5. The zero-order chi connectivity index (χ0) is 20.0. The number of fused-ring (bicyclic) bond motifs is 1. The number of aromatic nitrogens is 4. The Morgan fingerprint density at radius 3 is 2.54 bits per heavy atom. The van der Waals surface area contributed by atoms with Gasteiger partial charge in [-0.3, -0.25) is 9.09 Å². The minimum atomic E-state index is -5.32. The van der Waals surface area contributed by atoms with Gasteiger partial charge in [0.25, 0.3) is 0 Å². The molecule has 1 aliphatic rings. The van der Waals surface area contributed by atoms with Crippen LogP contribution in [0.1, 0.15) is 6.23 Å². The second-order valence-electron chi connectivity index (χ2n) is 5.41. The summed E-state index contributed by atoms with van der Waals surface area (Å²) in [6, 6.07) is 0. The predicted octanol–water partition coefficient (Wildman–Crippen LogP) is -3.01. The number of ether oxygens (including phenoxy) is 1. The maximum Gasteiger partial charge on any atom is 2.00 e. The maximum atomic E-state index is 12.3.